The van der Waals surface area contributed by atoms with Crippen molar-refractivity contribution in [3.8, 4) is 5.75 Å². The lowest BCUT2D eigenvalue weighted by Gasteiger charge is -2.09. The lowest BCUT2D eigenvalue weighted by molar-refractivity contribution is 0.0941. The zero-order valence-electron chi connectivity index (χ0n) is 12.6. The van der Waals surface area contributed by atoms with Crippen LogP contribution in [-0.4, -0.2) is 35.9 Å². The summed E-state index contributed by atoms with van der Waals surface area (Å²) in [5.41, 5.74) is 0.316. The molecule has 6 nitrogen and oxygen atoms in total. The van der Waals surface area contributed by atoms with E-state index in [0.29, 0.717) is 34.6 Å². The molecule has 124 valence electrons. The number of amides is 1. The van der Waals surface area contributed by atoms with Crippen molar-refractivity contribution in [1.82, 2.24) is 15.1 Å². The van der Waals surface area contributed by atoms with Gasteiger partial charge in [-0.05, 0) is 24.6 Å². The largest absolute Gasteiger partial charge is 0.468 e. The molecule has 0 bridgehead atoms. The number of nitrogens with zero attached hydrogens (tertiary/aromatic N) is 2. The van der Waals surface area contributed by atoms with Gasteiger partial charge in [0.25, 0.3) is 5.91 Å². The average Bonchev–Trinajstić information content (AvgIpc) is 3.00. The third-order valence-corrected chi connectivity index (χ3v) is 3.54. The molecule has 8 heteroatoms. The maximum Gasteiger partial charge on any atom is 0.271 e. The highest BCUT2D eigenvalue weighted by Crippen LogP contribution is 2.32. The maximum absolute atomic E-state index is 11.9. The van der Waals surface area contributed by atoms with Crippen LogP contribution in [0.2, 0.25) is 10.0 Å². The lowest BCUT2D eigenvalue weighted by Crippen LogP contribution is -2.25. The topological polar surface area (TPSA) is 65.4 Å². The zero-order chi connectivity index (χ0) is 16.7. The monoisotopic (exact) mass is 357 g/mol. The van der Waals surface area contributed by atoms with Crippen LogP contribution in [0.5, 0.6) is 5.75 Å². The van der Waals surface area contributed by atoms with Crippen molar-refractivity contribution in [2.75, 3.05) is 20.3 Å². The van der Waals surface area contributed by atoms with Gasteiger partial charge in [-0.3, -0.25) is 4.79 Å². The third-order valence-electron chi connectivity index (χ3n) is 2.94. The van der Waals surface area contributed by atoms with Gasteiger partial charge in [0.1, 0.15) is 5.69 Å². The Morgan fingerprint density at radius 1 is 1.30 bits per heavy atom. The van der Waals surface area contributed by atoms with Crippen LogP contribution in [-0.2, 0) is 11.5 Å². The van der Waals surface area contributed by atoms with Gasteiger partial charge in [-0.1, -0.05) is 29.3 Å². The van der Waals surface area contributed by atoms with Crippen molar-refractivity contribution in [2.24, 2.45) is 0 Å². The third kappa shape index (κ3) is 5.13. The van der Waals surface area contributed by atoms with E-state index < -0.39 is 0 Å². The predicted octanol–water partition coefficient (Wildman–Crippen LogP) is 2.99. The van der Waals surface area contributed by atoms with Crippen LogP contribution in [0.1, 0.15) is 16.9 Å². The molecule has 0 fully saturated rings. The minimum absolute atomic E-state index is 0.0976. The van der Waals surface area contributed by atoms with Gasteiger partial charge < -0.3 is 14.8 Å². The first-order valence-electron chi connectivity index (χ1n) is 6.99. The van der Waals surface area contributed by atoms with Gasteiger partial charge in [0.05, 0.1) is 10.0 Å². The number of nitrogens with one attached hydrogen (secondary N) is 1. The van der Waals surface area contributed by atoms with Crippen LogP contribution < -0.4 is 10.1 Å². The highest BCUT2D eigenvalue weighted by Gasteiger charge is 2.10. The quantitative estimate of drug-likeness (QED) is 0.737. The van der Waals surface area contributed by atoms with E-state index in [1.807, 2.05) is 0 Å². The fraction of sp³-hybridized carbons (Fsp3) is 0.333. The second kappa shape index (κ2) is 8.76. The van der Waals surface area contributed by atoms with E-state index in [9.17, 15) is 4.79 Å². The molecule has 2 aromatic rings. The molecule has 2 rings (SSSR count). The summed E-state index contributed by atoms with van der Waals surface area (Å²) in [6, 6.07) is 6.72. The minimum atomic E-state index is -0.240. The van der Waals surface area contributed by atoms with Gasteiger partial charge in [0.15, 0.2) is 12.5 Å². The summed E-state index contributed by atoms with van der Waals surface area (Å²) >= 11 is 12.0. The van der Waals surface area contributed by atoms with E-state index in [2.05, 4.69) is 10.4 Å². The Morgan fingerprint density at radius 2 is 2.04 bits per heavy atom. The standard InChI is InChI=1S/C15H17Cl2N3O3/c1-22-9-3-7-18-15(21)13-6-8-20(19-13)10-23-14-11(16)4-2-5-12(14)17/h2,4-6,8H,3,7,9-10H2,1H3,(H,18,21). The molecule has 0 saturated carbocycles. The number of halogens is 2. The SMILES string of the molecule is COCCCNC(=O)c1ccn(COc2c(Cl)cccc2Cl)n1. The molecule has 0 aliphatic rings. The number of hydrogen-bond donors (Lipinski definition) is 1. The number of rotatable bonds is 8. The van der Waals surface area contributed by atoms with Crippen LogP contribution in [0.4, 0.5) is 0 Å². The van der Waals surface area contributed by atoms with Crippen LogP contribution >= 0.6 is 23.2 Å². The molecular weight excluding hydrogens is 341 g/mol. The van der Waals surface area contributed by atoms with Crippen LogP contribution in [0.3, 0.4) is 0 Å². The van der Waals surface area contributed by atoms with Crippen LogP contribution in [0, 0.1) is 0 Å². The minimum Gasteiger partial charge on any atom is -0.468 e. The lowest BCUT2D eigenvalue weighted by atomic mass is 10.3. The highest BCUT2D eigenvalue weighted by atomic mass is 35.5. The van der Waals surface area contributed by atoms with Gasteiger partial charge in [-0.2, -0.15) is 5.10 Å². The van der Waals surface area contributed by atoms with Crippen molar-refractivity contribution >= 4 is 29.1 Å². The van der Waals surface area contributed by atoms with E-state index in [-0.39, 0.29) is 12.6 Å². The molecule has 1 heterocycles. The molecular formula is C15H17Cl2N3O3. The van der Waals surface area contributed by atoms with E-state index in [1.54, 1.807) is 37.6 Å². The normalized spacial score (nSPS) is 10.6. The van der Waals surface area contributed by atoms with E-state index in [1.165, 1.54) is 4.68 Å². The summed E-state index contributed by atoms with van der Waals surface area (Å²) in [5.74, 6) is 0.146. The summed E-state index contributed by atoms with van der Waals surface area (Å²) in [4.78, 5) is 11.9. The molecule has 0 atom stereocenters. The first-order chi connectivity index (χ1) is 11.1. The summed E-state index contributed by atoms with van der Waals surface area (Å²) in [6.07, 6.45) is 2.39. The summed E-state index contributed by atoms with van der Waals surface area (Å²) < 4.78 is 12.0. The van der Waals surface area contributed by atoms with E-state index >= 15 is 0 Å². The number of aromatic nitrogens is 2. The first kappa shape index (κ1) is 17.6. The highest BCUT2D eigenvalue weighted by molar-refractivity contribution is 6.37. The van der Waals surface area contributed by atoms with Crippen molar-refractivity contribution < 1.29 is 14.3 Å². The number of para-hydroxylation sites is 1. The molecule has 0 spiro atoms. The molecule has 0 saturated heterocycles. The van der Waals surface area contributed by atoms with Gasteiger partial charge >= 0.3 is 0 Å². The van der Waals surface area contributed by atoms with Gasteiger partial charge in [-0.15, -0.1) is 0 Å². The van der Waals surface area contributed by atoms with E-state index in [4.69, 9.17) is 32.7 Å². The second-order valence-corrected chi connectivity index (χ2v) is 5.48. The molecule has 0 unspecified atom stereocenters. The van der Waals surface area contributed by atoms with Crippen LogP contribution in [0.15, 0.2) is 30.5 Å². The summed E-state index contributed by atoms with van der Waals surface area (Å²) in [7, 11) is 1.62. The van der Waals surface area contributed by atoms with Crippen molar-refractivity contribution in [3.05, 3.63) is 46.2 Å². The Morgan fingerprint density at radius 3 is 2.74 bits per heavy atom. The van der Waals surface area contributed by atoms with Gasteiger partial charge in [0, 0.05) is 26.5 Å². The van der Waals surface area contributed by atoms with Crippen LogP contribution in [0.25, 0.3) is 0 Å². The summed E-state index contributed by atoms with van der Waals surface area (Å²) in [5, 5.41) is 7.74. The fourth-order valence-electron chi connectivity index (χ4n) is 1.81. The number of hydrogen-bond acceptors (Lipinski definition) is 4. The average molecular weight is 358 g/mol. The first-order valence-corrected chi connectivity index (χ1v) is 7.75. The smallest absolute Gasteiger partial charge is 0.271 e. The van der Waals surface area contributed by atoms with Gasteiger partial charge in [-0.25, -0.2) is 4.68 Å². The number of ether oxygens (including phenoxy) is 2. The molecule has 1 aromatic carbocycles. The summed E-state index contributed by atoms with van der Waals surface area (Å²) in [6.45, 7) is 1.23. The van der Waals surface area contributed by atoms with Crippen molar-refractivity contribution in [2.45, 2.75) is 13.2 Å². The Kier molecular flexibility index (Phi) is 6.70. The molecule has 0 radical (unpaired) electrons. The molecule has 23 heavy (non-hydrogen) atoms. The zero-order valence-corrected chi connectivity index (χ0v) is 14.1. The van der Waals surface area contributed by atoms with E-state index in [0.717, 1.165) is 6.42 Å². The fourth-order valence-corrected chi connectivity index (χ4v) is 2.32. The second-order valence-electron chi connectivity index (χ2n) is 4.67. The Bertz CT molecular complexity index is 641. The number of methoxy groups -OCH3 is 1. The Balaban J connectivity index is 1.88. The number of benzene rings is 1. The molecule has 1 amide bonds. The van der Waals surface area contributed by atoms with Gasteiger partial charge in [0.2, 0.25) is 0 Å². The molecule has 1 aromatic heterocycles. The molecule has 0 aliphatic carbocycles. The number of carbonyl (C=O) groups is 1. The molecule has 0 aliphatic heterocycles. The molecule has 1 N–H and O–H groups in total. The number of carbonyl (C=O) groups excluding carboxylic acids is 1. The Hall–Kier alpha value is -1.76. The Labute approximate surface area is 144 Å². The maximum atomic E-state index is 11.9. The van der Waals surface area contributed by atoms with Crippen molar-refractivity contribution in [3.63, 3.8) is 0 Å². The predicted molar refractivity (Wildman–Crippen MR) is 88.1 cm³/mol. The van der Waals surface area contributed by atoms with Crippen molar-refractivity contribution in [1.29, 1.82) is 0 Å².